The zero-order valence-corrected chi connectivity index (χ0v) is 19.5. The fraction of sp³-hybridized carbons (Fsp3) is 0.704. The van der Waals surface area contributed by atoms with Gasteiger partial charge in [0.25, 0.3) is 0 Å². The van der Waals surface area contributed by atoms with Gasteiger partial charge in [-0.3, -0.25) is 0 Å². The van der Waals surface area contributed by atoms with Gasteiger partial charge in [0, 0.05) is 0 Å². The number of fused-ring (bicyclic) bond motifs is 1. The third-order valence-electron chi connectivity index (χ3n) is 8.04. The van der Waals surface area contributed by atoms with Gasteiger partial charge in [0.2, 0.25) is 0 Å². The van der Waals surface area contributed by atoms with Crippen LogP contribution in [0.1, 0.15) is 85.5 Å². The Bertz CT molecular complexity index is 720. The van der Waals surface area contributed by atoms with Crippen LogP contribution in [0, 0.1) is 17.3 Å². The molecule has 0 aromatic heterocycles. The summed E-state index contributed by atoms with van der Waals surface area (Å²) in [5, 5.41) is 30.2. The third-order valence-corrected chi connectivity index (χ3v) is 8.04. The summed E-state index contributed by atoms with van der Waals surface area (Å²) in [6.07, 6.45) is 14.7. The summed E-state index contributed by atoms with van der Waals surface area (Å²) in [7, 11) is 0. The van der Waals surface area contributed by atoms with Crippen molar-refractivity contribution < 1.29 is 15.3 Å². The van der Waals surface area contributed by atoms with Crippen molar-refractivity contribution in [1.82, 2.24) is 0 Å². The van der Waals surface area contributed by atoms with Crippen LogP contribution in [0.2, 0.25) is 0 Å². The zero-order valence-electron chi connectivity index (χ0n) is 19.5. The molecule has 0 unspecified atom stereocenters. The second-order valence-electron chi connectivity index (χ2n) is 10.9. The molecule has 3 aliphatic rings. The lowest BCUT2D eigenvalue weighted by molar-refractivity contribution is 0.0720. The largest absolute Gasteiger partial charge is 0.390 e. The highest BCUT2D eigenvalue weighted by Crippen LogP contribution is 2.59. The molecule has 0 aromatic rings. The summed E-state index contributed by atoms with van der Waals surface area (Å²) >= 11 is 0. The maximum atomic E-state index is 10.1. The molecule has 3 fully saturated rings. The van der Waals surface area contributed by atoms with Crippen LogP contribution in [-0.4, -0.2) is 33.1 Å². The smallest absolute Gasteiger partial charge is 0.0809 e. The molecule has 0 heterocycles. The molecule has 0 saturated heterocycles. The molecule has 0 aromatic carbocycles. The summed E-state index contributed by atoms with van der Waals surface area (Å²) in [6, 6.07) is 0. The second-order valence-corrected chi connectivity index (χ2v) is 10.9. The van der Waals surface area contributed by atoms with Crippen molar-refractivity contribution in [1.29, 1.82) is 0 Å². The number of aliphatic hydroxyl groups excluding tert-OH is 2. The number of allylic oxidation sites excluding steroid dienone is 5. The van der Waals surface area contributed by atoms with E-state index in [4.69, 9.17) is 0 Å². The quantitative estimate of drug-likeness (QED) is 0.511. The molecule has 3 N–H and O–H groups in total. The summed E-state index contributed by atoms with van der Waals surface area (Å²) in [6.45, 7) is 12.4. The number of rotatable bonds is 5. The van der Waals surface area contributed by atoms with Crippen molar-refractivity contribution in [2.75, 3.05) is 0 Å². The van der Waals surface area contributed by atoms with Gasteiger partial charge in [-0.05, 0) is 101 Å². The molecule has 3 aliphatic carbocycles. The minimum Gasteiger partial charge on any atom is -0.390 e. The fourth-order valence-corrected chi connectivity index (χ4v) is 6.21. The van der Waals surface area contributed by atoms with E-state index in [9.17, 15) is 15.3 Å². The van der Waals surface area contributed by atoms with Gasteiger partial charge in [0.05, 0.1) is 17.8 Å². The van der Waals surface area contributed by atoms with Gasteiger partial charge >= 0.3 is 0 Å². The number of hydrogen-bond acceptors (Lipinski definition) is 3. The molecule has 0 spiro atoms. The highest BCUT2D eigenvalue weighted by Gasteiger charge is 2.49. The lowest BCUT2D eigenvalue weighted by Gasteiger charge is -2.43. The second kappa shape index (κ2) is 9.14. The van der Waals surface area contributed by atoms with Gasteiger partial charge in [-0.25, -0.2) is 0 Å². The maximum Gasteiger partial charge on any atom is 0.0809 e. The molecular formula is C27H42O3. The van der Waals surface area contributed by atoms with E-state index in [1.54, 1.807) is 5.57 Å². The molecule has 0 bridgehead atoms. The van der Waals surface area contributed by atoms with Crippen molar-refractivity contribution in [2.24, 2.45) is 17.3 Å². The first-order chi connectivity index (χ1) is 14.0. The van der Waals surface area contributed by atoms with Gasteiger partial charge < -0.3 is 15.3 Å². The van der Waals surface area contributed by atoms with E-state index in [1.807, 2.05) is 13.8 Å². The Balaban J connectivity index is 1.73. The Hall–Kier alpha value is -1.16. The van der Waals surface area contributed by atoms with E-state index < -0.39 is 17.8 Å². The third kappa shape index (κ3) is 5.18. The molecule has 168 valence electrons. The molecule has 3 rings (SSSR count). The van der Waals surface area contributed by atoms with Crippen LogP contribution in [0.3, 0.4) is 0 Å². The monoisotopic (exact) mass is 414 g/mol. The Morgan fingerprint density at radius 1 is 1.17 bits per heavy atom. The average molecular weight is 415 g/mol. The first-order valence-electron chi connectivity index (χ1n) is 11.8. The van der Waals surface area contributed by atoms with Crippen LogP contribution >= 0.6 is 0 Å². The van der Waals surface area contributed by atoms with Crippen molar-refractivity contribution in [3.8, 4) is 0 Å². The van der Waals surface area contributed by atoms with Crippen LogP contribution in [0.15, 0.2) is 47.1 Å². The van der Waals surface area contributed by atoms with Gasteiger partial charge in [-0.2, -0.15) is 0 Å². The van der Waals surface area contributed by atoms with Gasteiger partial charge in [0.15, 0.2) is 0 Å². The molecule has 30 heavy (non-hydrogen) atoms. The molecule has 3 nitrogen and oxygen atoms in total. The number of aliphatic hydroxyl groups is 3. The Morgan fingerprint density at radius 2 is 1.83 bits per heavy atom. The maximum absolute atomic E-state index is 10.1. The predicted octanol–water partition coefficient (Wildman–Crippen LogP) is 5.62. The Labute approximate surface area is 183 Å². The SMILES string of the molecule is C=C1[C@H](O)CC(=C/C=C2\CCC[C@]3(C)[C@@H](/C(C)=C/CCC(C)(C)O)CC[C@@H]23)C[C@H]1O. The van der Waals surface area contributed by atoms with Crippen LogP contribution < -0.4 is 0 Å². The normalized spacial score (nSPS) is 36.9. The van der Waals surface area contributed by atoms with Gasteiger partial charge in [-0.15, -0.1) is 0 Å². The predicted molar refractivity (Wildman–Crippen MR) is 124 cm³/mol. The van der Waals surface area contributed by atoms with Crippen molar-refractivity contribution in [2.45, 2.75) is 103 Å². The minimum absolute atomic E-state index is 0.317. The van der Waals surface area contributed by atoms with Crippen LogP contribution in [0.25, 0.3) is 0 Å². The van der Waals surface area contributed by atoms with E-state index in [0.29, 0.717) is 35.7 Å². The molecular weight excluding hydrogens is 372 g/mol. The van der Waals surface area contributed by atoms with E-state index in [1.165, 1.54) is 31.3 Å². The van der Waals surface area contributed by atoms with Gasteiger partial charge in [0.1, 0.15) is 0 Å². The fourth-order valence-electron chi connectivity index (χ4n) is 6.21. The van der Waals surface area contributed by atoms with Crippen LogP contribution in [0.5, 0.6) is 0 Å². The molecule has 3 heteroatoms. The summed E-state index contributed by atoms with van der Waals surface area (Å²) in [5.74, 6) is 1.25. The summed E-state index contributed by atoms with van der Waals surface area (Å²) in [5.41, 5.74) is 4.45. The zero-order chi connectivity index (χ0) is 22.1. The van der Waals surface area contributed by atoms with E-state index in [2.05, 4.69) is 38.7 Å². The van der Waals surface area contributed by atoms with Crippen molar-refractivity contribution >= 4 is 0 Å². The summed E-state index contributed by atoms with van der Waals surface area (Å²) < 4.78 is 0. The first-order valence-corrected chi connectivity index (χ1v) is 11.8. The first kappa shape index (κ1) is 23.5. The highest BCUT2D eigenvalue weighted by atomic mass is 16.3. The molecule has 0 amide bonds. The Morgan fingerprint density at radius 3 is 2.47 bits per heavy atom. The summed E-state index contributed by atoms with van der Waals surface area (Å²) in [4.78, 5) is 0. The molecule has 0 radical (unpaired) electrons. The van der Waals surface area contributed by atoms with Crippen molar-refractivity contribution in [3.05, 3.63) is 47.1 Å². The van der Waals surface area contributed by atoms with E-state index >= 15 is 0 Å². The lowest BCUT2D eigenvalue weighted by Crippen LogP contribution is -2.33. The molecule has 3 saturated carbocycles. The topological polar surface area (TPSA) is 60.7 Å². The standard InChI is InChI=1S/C27H42O3/c1-18(8-6-14-26(3,4)30)22-12-13-23-21(9-7-15-27(22,23)5)11-10-20-16-24(28)19(2)25(29)17-20/h8,10-11,22-25,28-30H,2,6-7,9,12-17H2,1,3-5H3/b18-8+,21-11+/t22-,23+,24-,25-,27-/m1/s1. The average Bonchev–Trinajstić information content (AvgIpc) is 3.00. The lowest BCUT2D eigenvalue weighted by atomic mass is 9.62. The van der Waals surface area contributed by atoms with Crippen LogP contribution in [-0.2, 0) is 0 Å². The van der Waals surface area contributed by atoms with Crippen molar-refractivity contribution in [3.63, 3.8) is 0 Å². The number of hydrogen-bond donors (Lipinski definition) is 3. The minimum atomic E-state index is -0.623. The Kier molecular flexibility index (Phi) is 7.16. The van der Waals surface area contributed by atoms with E-state index in [0.717, 1.165) is 24.8 Å². The van der Waals surface area contributed by atoms with Crippen LogP contribution in [0.4, 0.5) is 0 Å². The molecule has 0 aliphatic heterocycles. The molecule has 5 atom stereocenters. The van der Waals surface area contributed by atoms with Gasteiger partial charge in [-0.1, -0.05) is 48.5 Å². The highest BCUT2D eigenvalue weighted by molar-refractivity contribution is 5.30. The van der Waals surface area contributed by atoms with E-state index in [-0.39, 0.29) is 0 Å².